The molecule has 1 N–H and O–H groups in total. The second-order valence-corrected chi connectivity index (χ2v) is 6.99. The summed E-state index contributed by atoms with van der Waals surface area (Å²) >= 11 is 6.01. The molecule has 7 heteroatoms. The van der Waals surface area contributed by atoms with Gasteiger partial charge < -0.3 is 5.32 Å². The van der Waals surface area contributed by atoms with Crippen LogP contribution < -0.4 is 5.32 Å². The van der Waals surface area contributed by atoms with Crippen molar-refractivity contribution in [3.8, 4) is 23.4 Å². The molecule has 0 fully saturated rings. The van der Waals surface area contributed by atoms with Gasteiger partial charge in [0.05, 0.1) is 24.7 Å². The van der Waals surface area contributed by atoms with E-state index >= 15 is 0 Å². The minimum absolute atomic E-state index is 0.0635. The monoisotopic (exact) mass is 415 g/mol. The van der Waals surface area contributed by atoms with E-state index in [-0.39, 0.29) is 5.57 Å². The van der Waals surface area contributed by atoms with Crippen molar-refractivity contribution < 1.29 is 4.79 Å². The van der Waals surface area contributed by atoms with Crippen LogP contribution >= 0.6 is 11.6 Å². The summed E-state index contributed by atoms with van der Waals surface area (Å²) in [6, 6.07) is 18.7. The van der Waals surface area contributed by atoms with E-state index in [4.69, 9.17) is 16.9 Å². The molecule has 1 amide bonds. The van der Waals surface area contributed by atoms with Crippen molar-refractivity contribution in [2.24, 2.45) is 0 Å². The van der Waals surface area contributed by atoms with Gasteiger partial charge in [-0.2, -0.15) is 15.6 Å². The van der Waals surface area contributed by atoms with Crippen LogP contribution in [0, 0.1) is 29.6 Å². The van der Waals surface area contributed by atoms with Crippen LogP contribution in [0.1, 0.15) is 17.5 Å². The average Bonchev–Trinajstić information content (AvgIpc) is 3.16. The number of anilines is 1. The lowest BCUT2D eigenvalue weighted by atomic mass is 10.1. The molecule has 0 saturated carbocycles. The molecule has 30 heavy (non-hydrogen) atoms. The zero-order chi connectivity index (χ0) is 21.5. The lowest BCUT2D eigenvalue weighted by molar-refractivity contribution is -0.112. The van der Waals surface area contributed by atoms with Crippen molar-refractivity contribution in [3.05, 3.63) is 76.5 Å². The first kappa shape index (κ1) is 20.9. The molecule has 0 atom stereocenters. The van der Waals surface area contributed by atoms with E-state index in [1.165, 1.54) is 6.08 Å². The molecule has 0 unspecified atom stereocenters. The van der Waals surface area contributed by atoms with Crippen molar-refractivity contribution in [2.75, 3.05) is 5.32 Å². The Morgan fingerprint density at radius 1 is 1.23 bits per heavy atom. The zero-order valence-corrected chi connectivity index (χ0v) is 17.0. The largest absolute Gasteiger partial charge is 0.321 e. The highest BCUT2D eigenvalue weighted by atomic mass is 35.5. The maximum absolute atomic E-state index is 12.7. The normalized spacial score (nSPS) is 10.9. The summed E-state index contributed by atoms with van der Waals surface area (Å²) < 4.78 is 1.64. The van der Waals surface area contributed by atoms with Crippen LogP contribution in [0.3, 0.4) is 0 Å². The molecule has 0 aliphatic rings. The van der Waals surface area contributed by atoms with Crippen LogP contribution in [0.15, 0.2) is 60.3 Å². The summed E-state index contributed by atoms with van der Waals surface area (Å²) in [4.78, 5) is 12.7. The summed E-state index contributed by atoms with van der Waals surface area (Å²) in [5.74, 6) is -0.536. The van der Waals surface area contributed by atoms with Crippen molar-refractivity contribution in [1.82, 2.24) is 9.78 Å². The number of benzene rings is 2. The second-order valence-electron chi connectivity index (χ2n) is 6.55. The maximum Gasteiger partial charge on any atom is 0.266 e. The van der Waals surface area contributed by atoms with Crippen LogP contribution in [-0.2, 0) is 11.3 Å². The third kappa shape index (κ3) is 4.94. The summed E-state index contributed by atoms with van der Waals surface area (Å²) in [6.07, 6.45) is 3.54. The fraction of sp³-hybridized carbons (Fsp3) is 0.130. The highest BCUT2D eigenvalue weighted by Crippen LogP contribution is 2.25. The van der Waals surface area contributed by atoms with Crippen LogP contribution in [-0.4, -0.2) is 15.7 Å². The molecule has 6 nitrogen and oxygen atoms in total. The second kappa shape index (κ2) is 9.56. The molecule has 0 spiro atoms. The molecular weight excluding hydrogens is 398 g/mol. The summed E-state index contributed by atoms with van der Waals surface area (Å²) in [6.45, 7) is 2.26. The fourth-order valence-corrected chi connectivity index (χ4v) is 3.04. The first-order valence-corrected chi connectivity index (χ1v) is 9.58. The van der Waals surface area contributed by atoms with E-state index in [1.807, 2.05) is 43.3 Å². The zero-order valence-electron chi connectivity index (χ0n) is 16.3. The van der Waals surface area contributed by atoms with Gasteiger partial charge >= 0.3 is 0 Å². The molecule has 1 heterocycles. The third-order valence-corrected chi connectivity index (χ3v) is 4.64. The number of hydrogen-bond acceptors (Lipinski definition) is 4. The van der Waals surface area contributed by atoms with E-state index in [1.54, 1.807) is 29.1 Å². The lowest BCUT2D eigenvalue weighted by Crippen LogP contribution is -2.14. The molecular formula is C23H18ClN5O. The molecule has 3 aromatic rings. The van der Waals surface area contributed by atoms with Gasteiger partial charge in [0, 0.05) is 28.0 Å². The topological polar surface area (TPSA) is 94.5 Å². The van der Waals surface area contributed by atoms with E-state index < -0.39 is 5.91 Å². The number of aromatic nitrogens is 2. The van der Waals surface area contributed by atoms with Crippen LogP contribution in [0.5, 0.6) is 0 Å². The first-order chi connectivity index (χ1) is 14.5. The summed E-state index contributed by atoms with van der Waals surface area (Å²) in [5, 5.41) is 26.2. The summed E-state index contributed by atoms with van der Waals surface area (Å²) in [5.41, 5.74) is 3.41. The van der Waals surface area contributed by atoms with Gasteiger partial charge in [-0.25, -0.2) is 0 Å². The minimum atomic E-state index is -0.536. The molecule has 3 rings (SSSR count). The smallest absolute Gasteiger partial charge is 0.266 e. The van der Waals surface area contributed by atoms with Gasteiger partial charge in [0.15, 0.2) is 0 Å². The maximum atomic E-state index is 12.7. The number of hydrogen-bond donors (Lipinski definition) is 1. The predicted octanol–water partition coefficient (Wildman–Crippen LogP) is 4.97. The number of carbonyl (C=O) groups excluding carboxylic acids is 1. The third-order valence-electron chi connectivity index (χ3n) is 4.40. The number of halogens is 1. The first-order valence-electron chi connectivity index (χ1n) is 9.21. The average molecular weight is 416 g/mol. The Morgan fingerprint density at radius 3 is 2.70 bits per heavy atom. The molecule has 0 aliphatic carbocycles. The van der Waals surface area contributed by atoms with Crippen LogP contribution in [0.4, 0.5) is 5.69 Å². The van der Waals surface area contributed by atoms with Crippen molar-refractivity contribution in [3.63, 3.8) is 0 Å². The molecule has 0 radical (unpaired) electrons. The lowest BCUT2D eigenvalue weighted by Gasteiger charge is -2.08. The molecule has 2 aromatic carbocycles. The summed E-state index contributed by atoms with van der Waals surface area (Å²) in [7, 11) is 0. The Balaban J connectivity index is 1.97. The number of nitrogens with zero attached hydrogens (tertiary/aromatic N) is 4. The molecule has 0 bridgehead atoms. The van der Waals surface area contributed by atoms with Gasteiger partial charge in [-0.15, -0.1) is 0 Å². The number of rotatable bonds is 6. The Morgan fingerprint density at radius 2 is 2.00 bits per heavy atom. The quantitative estimate of drug-likeness (QED) is 0.454. The van der Waals surface area contributed by atoms with Gasteiger partial charge in [0.2, 0.25) is 0 Å². The number of amides is 1. The Labute approximate surface area is 179 Å². The van der Waals surface area contributed by atoms with Crippen molar-refractivity contribution in [2.45, 2.75) is 19.9 Å². The highest BCUT2D eigenvalue weighted by molar-refractivity contribution is 6.31. The Hall–Kier alpha value is -3.87. The van der Waals surface area contributed by atoms with E-state index in [9.17, 15) is 10.1 Å². The van der Waals surface area contributed by atoms with E-state index in [2.05, 4.69) is 16.5 Å². The molecule has 0 aliphatic heterocycles. The number of nitrogens with one attached hydrogen (secondary N) is 1. The molecule has 148 valence electrons. The van der Waals surface area contributed by atoms with Crippen molar-refractivity contribution in [1.29, 1.82) is 10.5 Å². The molecule has 0 saturated heterocycles. The van der Waals surface area contributed by atoms with Gasteiger partial charge in [0.1, 0.15) is 11.6 Å². The number of aryl methyl sites for hydroxylation is 2. The van der Waals surface area contributed by atoms with Crippen LogP contribution in [0.25, 0.3) is 17.3 Å². The van der Waals surface area contributed by atoms with Gasteiger partial charge in [-0.3, -0.25) is 9.48 Å². The number of carbonyl (C=O) groups is 1. The SMILES string of the molecule is Cc1ccc(Cl)cc1NC(=O)/C(C#N)=C/c1cn(CCC#N)nc1-c1ccccc1. The highest BCUT2D eigenvalue weighted by Gasteiger charge is 2.15. The fourth-order valence-electron chi connectivity index (χ4n) is 2.86. The van der Waals surface area contributed by atoms with E-state index in [0.29, 0.717) is 34.9 Å². The van der Waals surface area contributed by atoms with Crippen molar-refractivity contribution >= 4 is 29.3 Å². The number of nitriles is 2. The Kier molecular flexibility index (Phi) is 6.64. The van der Waals surface area contributed by atoms with E-state index in [0.717, 1.165) is 11.1 Å². The minimum Gasteiger partial charge on any atom is -0.321 e. The van der Waals surface area contributed by atoms with Gasteiger partial charge in [-0.05, 0) is 30.7 Å². The Bertz CT molecular complexity index is 1180. The van der Waals surface area contributed by atoms with Gasteiger partial charge in [0.25, 0.3) is 5.91 Å². The van der Waals surface area contributed by atoms with Gasteiger partial charge in [-0.1, -0.05) is 48.0 Å². The predicted molar refractivity (Wildman–Crippen MR) is 116 cm³/mol. The molecule has 1 aromatic heterocycles. The van der Waals surface area contributed by atoms with Crippen LogP contribution in [0.2, 0.25) is 5.02 Å². The standard InChI is InChI=1S/C23H18ClN5O/c1-16-8-9-20(24)13-21(16)27-23(30)18(14-26)12-19-15-29(11-5-10-25)28-22(19)17-6-3-2-4-7-17/h2-4,6-9,12-13,15H,5,11H2,1H3,(H,27,30)/b18-12+.